The van der Waals surface area contributed by atoms with Crippen molar-refractivity contribution in [2.24, 2.45) is 5.92 Å². The number of benzene rings is 2. The van der Waals surface area contributed by atoms with Crippen LogP contribution >= 0.6 is 0 Å². The number of aryl methyl sites for hydroxylation is 1. The Kier molecular flexibility index (Phi) is 7.38. The molecule has 1 aliphatic rings. The molecular weight excluding hydrogens is 411 g/mol. The van der Waals surface area contributed by atoms with Crippen LogP contribution in [0.25, 0.3) is 0 Å². The van der Waals surface area contributed by atoms with Crippen molar-refractivity contribution in [1.82, 2.24) is 10.2 Å². The lowest BCUT2D eigenvalue weighted by molar-refractivity contribution is -0.126. The summed E-state index contributed by atoms with van der Waals surface area (Å²) in [6.45, 7) is -0.290. The molecule has 1 aliphatic heterocycles. The fraction of sp³-hybridized carbons (Fsp3) is 0.364. The van der Waals surface area contributed by atoms with Crippen LogP contribution in [0.5, 0.6) is 5.75 Å². The van der Waals surface area contributed by atoms with Crippen molar-refractivity contribution in [3.63, 3.8) is 0 Å². The molecule has 0 unspecified atom stereocenters. The molecule has 1 heterocycles. The van der Waals surface area contributed by atoms with E-state index in [9.17, 15) is 22.8 Å². The van der Waals surface area contributed by atoms with Crippen LogP contribution in [0.2, 0.25) is 0 Å². The predicted octanol–water partition coefficient (Wildman–Crippen LogP) is 4.30. The summed E-state index contributed by atoms with van der Waals surface area (Å²) < 4.78 is 42.7. The number of likely N-dealkylation sites (tertiary alicyclic amines) is 1. The maximum absolute atomic E-state index is 13.0. The molecule has 0 bridgehead atoms. The molecule has 0 saturated carbocycles. The van der Waals surface area contributed by atoms with E-state index in [2.05, 4.69) is 15.4 Å². The fourth-order valence-electron chi connectivity index (χ4n) is 3.46. The minimum absolute atomic E-state index is 0.0987. The number of urea groups is 1. The number of halogens is 3. The van der Waals surface area contributed by atoms with E-state index in [4.69, 9.17) is 0 Å². The first-order chi connectivity index (χ1) is 14.8. The Morgan fingerprint density at radius 3 is 2.45 bits per heavy atom. The molecule has 9 heteroatoms. The molecule has 3 rings (SSSR count). The summed E-state index contributed by atoms with van der Waals surface area (Å²) in [6, 6.07) is 10.1. The van der Waals surface area contributed by atoms with Crippen LogP contribution in [0, 0.1) is 18.7 Å². The minimum Gasteiger partial charge on any atom is -0.433 e. The molecule has 2 aromatic rings. The second-order valence-electron chi connectivity index (χ2n) is 7.36. The van der Waals surface area contributed by atoms with Crippen molar-refractivity contribution in [3.05, 3.63) is 59.4 Å². The average Bonchev–Trinajstić information content (AvgIpc) is 2.75. The standard InChI is InChI=1S/C22H24F3N3O3/c1-14-3-2-4-18(31-21(24)25)19(14)27-22(30)28-11-9-16(10-12-28)20(29)26-13-15-5-7-17(23)8-6-15/h2-8,16,21H,9-13H2,1H3,(H,26,29)(H,27,30). The number of hydrogen-bond donors (Lipinski definition) is 2. The number of nitrogens with zero attached hydrogens (tertiary/aromatic N) is 1. The van der Waals surface area contributed by atoms with Crippen molar-refractivity contribution in [3.8, 4) is 5.75 Å². The number of piperidine rings is 1. The summed E-state index contributed by atoms with van der Waals surface area (Å²) in [7, 11) is 0. The summed E-state index contributed by atoms with van der Waals surface area (Å²) in [5, 5.41) is 5.48. The van der Waals surface area contributed by atoms with Crippen molar-refractivity contribution in [2.75, 3.05) is 18.4 Å². The fourth-order valence-corrected chi connectivity index (χ4v) is 3.46. The molecular formula is C22H24F3N3O3. The molecule has 166 valence electrons. The van der Waals surface area contributed by atoms with E-state index < -0.39 is 12.6 Å². The maximum atomic E-state index is 13.0. The van der Waals surface area contributed by atoms with Crippen LogP contribution in [0.15, 0.2) is 42.5 Å². The first-order valence-corrected chi connectivity index (χ1v) is 9.96. The zero-order valence-corrected chi connectivity index (χ0v) is 17.0. The highest BCUT2D eigenvalue weighted by Gasteiger charge is 2.28. The zero-order chi connectivity index (χ0) is 22.4. The van der Waals surface area contributed by atoms with Gasteiger partial charge in [0.05, 0.1) is 5.69 Å². The quantitative estimate of drug-likeness (QED) is 0.711. The van der Waals surface area contributed by atoms with Gasteiger partial charge in [-0.05, 0) is 49.1 Å². The van der Waals surface area contributed by atoms with E-state index in [1.165, 1.54) is 18.2 Å². The van der Waals surface area contributed by atoms with Crippen LogP contribution in [-0.4, -0.2) is 36.5 Å². The van der Waals surface area contributed by atoms with Crippen LogP contribution in [-0.2, 0) is 11.3 Å². The number of para-hydroxylation sites is 1. The Bertz CT molecular complexity index is 914. The smallest absolute Gasteiger partial charge is 0.387 e. The predicted molar refractivity (Wildman–Crippen MR) is 109 cm³/mol. The molecule has 1 saturated heterocycles. The molecule has 0 aromatic heterocycles. The van der Waals surface area contributed by atoms with E-state index in [1.807, 2.05) is 0 Å². The van der Waals surface area contributed by atoms with Gasteiger partial charge in [0.15, 0.2) is 0 Å². The second-order valence-corrected chi connectivity index (χ2v) is 7.36. The number of carbonyl (C=O) groups excluding carboxylic acids is 2. The average molecular weight is 435 g/mol. The van der Waals surface area contributed by atoms with Gasteiger partial charge < -0.3 is 20.3 Å². The van der Waals surface area contributed by atoms with Crippen LogP contribution < -0.4 is 15.4 Å². The van der Waals surface area contributed by atoms with E-state index >= 15 is 0 Å². The minimum atomic E-state index is -3.00. The van der Waals surface area contributed by atoms with Gasteiger partial charge in [-0.3, -0.25) is 4.79 Å². The van der Waals surface area contributed by atoms with Gasteiger partial charge in [0.25, 0.3) is 0 Å². The van der Waals surface area contributed by atoms with Gasteiger partial charge in [-0.25, -0.2) is 9.18 Å². The van der Waals surface area contributed by atoms with Gasteiger partial charge in [-0.1, -0.05) is 24.3 Å². The second kappa shape index (κ2) is 10.2. The normalized spacial score (nSPS) is 14.4. The number of carbonyl (C=O) groups is 2. The summed E-state index contributed by atoms with van der Waals surface area (Å²) in [5.74, 6) is -0.783. The lowest BCUT2D eigenvalue weighted by atomic mass is 9.96. The van der Waals surface area contributed by atoms with Crippen molar-refractivity contribution < 1.29 is 27.5 Å². The van der Waals surface area contributed by atoms with Gasteiger partial charge in [-0.15, -0.1) is 0 Å². The summed E-state index contributed by atoms with van der Waals surface area (Å²) in [4.78, 5) is 26.6. The molecule has 1 fully saturated rings. The third-order valence-electron chi connectivity index (χ3n) is 5.22. The number of anilines is 1. The molecule has 0 aliphatic carbocycles. The number of amides is 3. The van der Waals surface area contributed by atoms with Crippen LogP contribution in [0.1, 0.15) is 24.0 Å². The highest BCUT2D eigenvalue weighted by atomic mass is 19.3. The Morgan fingerprint density at radius 1 is 1.13 bits per heavy atom. The highest BCUT2D eigenvalue weighted by molar-refractivity contribution is 5.92. The zero-order valence-electron chi connectivity index (χ0n) is 17.0. The Morgan fingerprint density at radius 2 is 1.81 bits per heavy atom. The molecule has 31 heavy (non-hydrogen) atoms. The molecule has 0 atom stereocenters. The van der Waals surface area contributed by atoms with Crippen molar-refractivity contribution >= 4 is 17.6 Å². The monoisotopic (exact) mass is 435 g/mol. The Balaban J connectivity index is 1.51. The topological polar surface area (TPSA) is 70.7 Å². The summed E-state index contributed by atoms with van der Waals surface area (Å²) in [6.07, 6.45) is 0.966. The first-order valence-electron chi connectivity index (χ1n) is 9.96. The molecule has 2 aromatic carbocycles. The van der Waals surface area contributed by atoms with Crippen molar-refractivity contribution in [2.45, 2.75) is 32.9 Å². The number of rotatable bonds is 6. The van der Waals surface area contributed by atoms with Gasteiger partial charge in [0.2, 0.25) is 5.91 Å². The Labute approximate surface area is 178 Å². The lowest BCUT2D eigenvalue weighted by Crippen LogP contribution is -2.44. The molecule has 0 spiro atoms. The summed E-state index contributed by atoms with van der Waals surface area (Å²) >= 11 is 0. The Hall–Kier alpha value is -3.23. The van der Waals surface area contributed by atoms with E-state index in [-0.39, 0.29) is 29.1 Å². The highest BCUT2D eigenvalue weighted by Crippen LogP contribution is 2.30. The van der Waals surface area contributed by atoms with E-state index in [1.54, 1.807) is 36.1 Å². The number of alkyl halides is 2. The molecule has 3 amide bonds. The molecule has 0 radical (unpaired) electrons. The van der Waals surface area contributed by atoms with Crippen LogP contribution in [0.3, 0.4) is 0 Å². The van der Waals surface area contributed by atoms with Gasteiger partial charge in [0.1, 0.15) is 11.6 Å². The SMILES string of the molecule is Cc1cccc(OC(F)F)c1NC(=O)N1CCC(C(=O)NCc2ccc(F)cc2)CC1. The van der Waals surface area contributed by atoms with E-state index in [0.29, 0.717) is 38.0 Å². The van der Waals surface area contributed by atoms with Crippen LogP contribution in [0.4, 0.5) is 23.7 Å². The van der Waals surface area contributed by atoms with Gasteiger partial charge in [0, 0.05) is 25.6 Å². The molecule has 6 nitrogen and oxygen atoms in total. The van der Waals surface area contributed by atoms with E-state index in [0.717, 1.165) is 5.56 Å². The number of hydrogen-bond acceptors (Lipinski definition) is 3. The largest absolute Gasteiger partial charge is 0.433 e. The third-order valence-corrected chi connectivity index (χ3v) is 5.22. The maximum Gasteiger partial charge on any atom is 0.387 e. The van der Waals surface area contributed by atoms with Gasteiger partial charge in [-0.2, -0.15) is 8.78 Å². The van der Waals surface area contributed by atoms with Crippen molar-refractivity contribution in [1.29, 1.82) is 0 Å². The number of ether oxygens (including phenoxy) is 1. The number of nitrogens with one attached hydrogen (secondary N) is 2. The lowest BCUT2D eigenvalue weighted by Gasteiger charge is -2.31. The van der Waals surface area contributed by atoms with Gasteiger partial charge >= 0.3 is 12.6 Å². The molecule has 2 N–H and O–H groups in total. The first kappa shape index (κ1) is 22.5. The third kappa shape index (κ3) is 6.13. The summed E-state index contributed by atoms with van der Waals surface area (Å²) in [5.41, 5.74) is 1.60.